The van der Waals surface area contributed by atoms with E-state index in [0.29, 0.717) is 78.3 Å². The minimum absolute atomic E-state index is 0.179. The summed E-state index contributed by atoms with van der Waals surface area (Å²) in [6.07, 6.45) is 6.72. The van der Waals surface area contributed by atoms with Crippen molar-refractivity contribution in [2.45, 2.75) is 32.5 Å². The number of benzene rings is 6. The van der Waals surface area contributed by atoms with E-state index in [-0.39, 0.29) is 39.6 Å². The molecule has 0 aliphatic rings. The first-order valence-corrected chi connectivity index (χ1v) is 21.9. The number of nitro groups is 2. The van der Waals surface area contributed by atoms with Crippen molar-refractivity contribution in [3.8, 4) is 40.2 Å². The van der Waals surface area contributed by atoms with Gasteiger partial charge >= 0.3 is 23.9 Å². The number of hydrogen-bond donors (Lipinski definition) is 0. The molecule has 18 nitrogen and oxygen atoms in total. The molecule has 0 aliphatic heterocycles. The number of carbonyl (C=O) groups excluding carboxylic acids is 4. The molecule has 6 aromatic rings. The molecular weight excluding hydrogens is 929 g/mol. The first kappa shape index (κ1) is 51.5. The average Bonchev–Trinajstić information content (AvgIpc) is 3.39. The van der Waals surface area contributed by atoms with Crippen molar-refractivity contribution >= 4 is 47.4 Å². The van der Waals surface area contributed by atoms with Gasteiger partial charge in [-0.15, -0.1) is 0 Å². The van der Waals surface area contributed by atoms with Gasteiger partial charge in [0.25, 0.3) is 11.4 Å². The van der Waals surface area contributed by atoms with Crippen LogP contribution in [0.4, 0.5) is 11.4 Å². The van der Waals surface area contributed by atoms with Crippen molar-refractivity contribution in [1.82, 2.24) is 0 Å². The lowest BCUT2D eigenvalue weighted by Crippen LogP contribution is -2.08. The summed E-state index contributed by atoms with van der Waals surface area (Å²) in [6, 6.07) is 35.0. The number of hydrogen-bond acceptors (Lipinski definition) is 15. The summed E-state index contributed by atoms with van der Waals surface area (Å²) in [7, 11) is 0. The van der Waals surface area contributed by atoms with Gasteiger partial charge in [-0.05, 0) is 126 Å². The van der Waals surface area contributed by atoms with Gasteiger partial charge in [-0.2, -0.15) is 5.26 Å². The van der Waals surface area contributed by atoms with Crippen LogP contribution in [0.2, 0.25) is 0 Å². The smallest absolute Gasteiger partial charge is 0.343 e. The highest BCUT2D eigenvalue weighted by Gasteiger charge is 2.20. The van der Waals surface area contributed by atoms with Gasteiger partial charge in [-0.3, -0.25) is 20.2 Å². The molecule has 0 bridgehead atoms. The minimum atomic E-state index is -0.806. The molecule has 18 heteroatoms. The van der Waals surface area contributed by atoms with Crippen LogP contribution in [0.5, 0.6) is 23.0 Å². The minimum Gasteiger partial charge on any atom is -0.494 e. The van der Waals surface area contributed by atoms with Gasteiger partial charge in [-0.25, -0.2) is 25.8 Å². The number of rotatable bonds is 23. The van der Waals surface area contributed by atoms with Crippen molar-refractivity contribution in [3.05, 3.63) is 211 Å². The van der Waals surface area contributed by atoms with E-state index >= 15 is 0 Å². The number of carbonyl (C=O) groups is 4. The first-order valence-electron chi connectivity index (χ1n) is 21.9. The summed E-state index contributed by atoms with van der Waals surface area (Å²) in [6.45, 7) is 7.04. The third-order valence-electron chi connectivity index (χ3n) is 10.2. The Morgan fingerprint density at radius 1 is 0.569 bits per heavy atom. The summed E-state index contributed by atoms with van der Waals surface area (Å²) in [5.74, 6) is -1.22. The third kappa shape index (κ3) is 15.6. The molecule has 0 N–H and O–H groups in total. The second-order valence-electron chi connectivity index (χ2n) is 15.2. The lowest BCUT2D eigenvalue weighted by molar-refractivity contribution is -0.385. The number of nitrogens with zero attached hydrogens (tertiary/aromatic N) is 4. The molecule has 0 fully saturated rings. The molecule has 0 spiro atoms. The fourth-order valence-electron chi connectivity index (χ4n) is 6.55. The lowest BCUT2D eigenvalue weighted by Gasteiger charge is -2.14. The Morgan fingerprint density at radius 2 is 0.972 bits per heavy atom. The monoisotopic (exact) mass is 970 g/mol. The highest BCUT2D eigenvalue weighted by Crippen LogP contribution is 2.33. The molecule has 6 aromatic carbocycles. The quantitative estimate of drug-likeness (QED) is 0.0110. The Labute approximate surface area is 412 Å². The first-order chi connectivity index (χ1) is 34.9. The van der Waals surface area contributed by atoms with Gasteiger partial charge in [0.2, 0.25) is 6.54 Å². The van der Waals surface area contributed by atoms with Crippen molar-refractivity contribution in [2.75, 3.05) is 19.8 Å². The van der Waals surface area contributed by atoms with E-state index in [0.717, 1.165) is 12.2 Å². The van der Waals surface area contributed by atoms with Crippen molar-refractivity contribution in [1.29, 1.82) is 5.26 Å². The molecule has 0 unspecified atom stereocenters. The molecule has 0 aromatic heterocycles. The fraction of sp³-hybridized carbons (Fsp3) is 0.148. The van der Waals surface area contributed by atoms with E-state index in [1.165, 1.54) is 72.8 Å². The second kappa shape index (κ2) is 26.0. The SMILES string of the molecule is [C-]#[N+]CCCOc1ccc(C(=O)Oc2ccc(/C=C/C(=O)OCc3cc([N+](=O)[O-])ccc3-c3ccc([N+](=O)[O-])cc3COC(=O)/C=C/c3ccc(OC(=O)c4ccc(OCCCC#N)cc4)cc3)cc2)cc1. The molecule has 0 saturated carbocycles. The van der Waals surface area contributed by atoms with Crippen LogP contribution in [0, 0.1) is 38.1 Å². The van der Waals surface area contributed by atoms with E-state index in [4.69, 9.17) is 40.3 Å². The topological polar surface area (TPSA) is 238 Å². The Kier molecular flexibility index (Phi) is 18.6. The van der Waals surface area contributed by atoms with Crippen molar-refractivity contribution in [3.63, 3.8) is 0 Å². The van der Waals surface area contributed by atoms with Gasteiger partial charge < -0.3 is 33.3 Å². The van der Waals surface area contributed by atoms with Crippen LogP contribution in [-0.2, 0) is 32.3 Å². The molecule has 0 saturated heterocycles. The van der Waals surface area contributed by atoms with Gasteiger partial charge in [0.15, 0.2) is 0 Å². The number of ether oxygens (including phenoxy) is 6. The van der Waals surface area contributed by atoms with Crippen molar-refractivity contribution in [2.24, 2.45) is 0 Å². The zero-order valence-corrected chi connectivity index (χ0v) is 38.2. The third-order valence-corrected chi connectivity index (χ3v) is 10.2. The standard InChI is InChI=1S/C54H42N4O14/c1-56-30-4-32-68-46-23-13-40(14-24-46)54(62)72-48-19-7-38(8-20-48)10-28-52(60)70-36-42-34-44(58(65)66)16-26-50(42)49-25-15-43(57(63)64)33-41(49)35-69-51(59)27-9-37-5-17-47(18-6-37)71-53(61)39-11-21-45(22-12-39)67-31-3-2-29-55/h5-28,33-34H,2-4,30-32,35-36H2/b27-9+,28-10+. The van der Waals surface area contributed by atoms with E-state index in [9.17, 15) is 39.4 Å². The van der Waals surface area contributed by atoms with Crippen LogP contribution in [0.25, 0.3) is 28.1 Å². The fourth-order valence-corrected chi connectivity index (χ4v) is 6.55. The van der Waals surface area contributed by atoms with E-state index in [1.807, 2.05) is 6.07 Å². The Morgan fingerprint density at radius 3 is 1.36 bits per heavy atom. The summed E-state index contributed by atoms with van der Waals surface area (Å²) in [5.41, 5.74) is 2.03. The van der Waals surface area contributed by atoms with Gasteiger partial charge in [0.05, 0.1) is 46.7 Å². The second-order valence-corrected chi connectivity index (χ2v) is 15.2. The zero-order chi connectivity index (χ0) is 51.2. The highest BCUT2D eigenvalue weighted by molar-refractivity contribution is 5.92. The van der Waals surface area contributed by atoms with Crippen LogP contribution < -0.4 is 18.9 Å². The van der Waals surface area contributed by atoms with Crippen molar-refractivity contribution < 1.29 is 57.4 Å². The van der Waals surface area contributed by atoms with Crippen LogP contribution in [0.15, 0.2) is 146 Å². The predicted octanol–water partition coefficient (Wildman–Crippen LogP) is 10.5. The molecule has 362 valence electrons. The molecule has 72 heavy (non-hydrogen) atoms. The number of esters is 4. The van der Waals surface area contributed by atoms with Gasteiger partial charge in [-0.1, -0.05) is 24.3 Å². The van der Waals surface area contributed by atoms with Crippen LogP contribution >= 0.6 is 0 Å². The number of nitriles is 1. The lowest BCUT2D eigenvalue weighted by atomic mass is 9.95. The van der Waals surface area contributed by atoms with E-state index < -0.39 is 46.9 Å². The maximum absolute atomic E-state index is 12.9. The Balaban J connectivity index is 1.05. The maximum Gasteiger partial charge on any atom is 0.343 e. The summed E-state index contributed by atoms with van der Waals surface area (Å²) >= 11 is 0. The molecule has 0 heterocycles. The normalized spacial score (nSPS) is 10.7. The number of nitro benzene ring substituents is 2. The van der Waals surface area contributed by atoms with Gasteiger partial charge in [0.1, 0.15) is 36.2 Å². The molecule has 0 radical (unpaired) electrons. The highest BCUT2D eigenvalue weighted by atomic mass is 16.6. The average molecular weight is 971 g/mol. The number of unbranched alkanes of at least 4 members (excludes halogenated alkanes) is 1. The molecule has 6 rings (SSSR count). The van der Waals surface area contributed by atoms with E-state index in [2.05, 4.69) is 4.85 Å². The molecule has 0 atom stereocenters. The maximum atomic E-state index is 12.9. The van der Waals surface area contributed by atoms with E-state index in [1.54, 1.807) is 72.8 Å². The summed E-state index contributed by atoms with van der Waals surface area (Å²) in [4.78, 5) is 76.8. The number of non-ortho nitro benzene ring substituents is 2. The molecule has 0 aliphatic carbocycles. The Bertz CT molecular complexity index is 2860. The largest absolute Gasteiger partial charge is 0.494 e. The molecule has 0 amide bonds. The summed E-state index contributed by atoms with van der Waals surface area (Å²) < 4.78 is 33.0. The zero-order valence-electron chi connectivity index (χ0n) is 38.2. The van der Waals surface area contributed by atoms with Gasteiger partial charge in [0, 0.05) is 54.0 Å². The van der Waals surface area contributed by atoms with Crippen LogP contribution in [-0.4, -0.2) is 53.5 Å². The van der Waals surface area contributed by atoms with Crippen LogP contribution in [0.1, 0.15) is 62.2 Å². The molecular formula is C54H42N4O14. The predicted molar refractivity (Wildman–Crippen MR) is 260 cm³/mol. The van der Waals surface area contributed by atoms with Crippen LogP contribution in [0.3, 0.4) is 0 Å². The summed E-state index contributed by atoms with van der Waals surface area (Å²) in [5, 5.41) is 32.2. The Hall–Kier alpha value is -9.94.